The van der Waals surface area contributed by atoms with Crippen LogP contribution in [-0.2, 0) is 10.0 Å². The van der Waals surface area contributed by atoms with Crippen LogP contribution >= 0.6 is 27.3 Å². The van der Waals surface area contributed by atoms with Crippen molar-refractivity contribution in [3.63, 3.8) is 0 Å². The standard InChI is InChI=1S/C11H16BrNO2S2/c12-8-11(5-1-2-6-11)9-13-17(14,15)10-4-3-7-16-10/h3-4,7,13H,1-2,5-6,8-9H2. The molecule has 0 amide bonds. The number of rotatable bonds is 5. The highest BCUT2D eigenvalue weighted by molar-refractivity contribution is 9.09. The summed E-state index contributed by atoms with van der Waals surface area (Å²) in [5.41, 5.74) is 0.115. The fourth-order valence-electron chi connectivity index (χ4n) is 2.22. The second-order valence-electron chi connectivity index (χ2n) is 4.60. The SMILES string of the molecule is O=S(=O)(NCC1(CBr)CCCC1)c1cccs1. The largest absolute Gasteiger partial charge is 0.250 e. The summed E-state index contributed by atoms with van der Waals surface area (Å²) in [6.45, 7) is 0.540. The third-order valence-corrected chi connectivity index (χ3v) is 7.33. The van der Waals surface area contributed by atoms with E-state index in [4.69, 9.17) is 0 Å². The molecule has 6 heteroatoms. The molecule has 0 saturated heterocycles. The molecule has 0 atom stereocenters. The summed E-state index contributed by atoms with van der Waals surface area (Å²) in [5, 5.41) is 2.65. The molecule has 2 rings (SSSR count). The van der Waals surface area contributed by atoms with Crippen molar-refractivity contribution in [1.29, 1.82) is 0 Å². The topological polar surface area (TPSA) is 46.2 Å². The molecular weight excluding hydrogens is 322 g/mol. The Bertz CT molecular complexity index is 450. The molecule has 1 N–H and O–H groups in total. The molecule has 1 aliphatic rings. The third kappa shape index (κ3) is 3.10. The molecular formula is C11H16BrNO2S2. The van der Waals surface area contributed by atoms with Crippen molar-refractivity contribution in [2.75, 3.05) is 11.9 Å². The summed E-state index contributed by atoms with van der Waals surface area (Å²) in [6, 6.07) is 3.40. The number of thiophene rings is 1. The Hall–Kier alpha value is 0.0900. The van der Waals surface area contributed by atoms with Gasteiger partial charge in [-0.15, -0.1) is 11.3 Å². The Balaban J connectivity index is 2.02. The number of nitrogens with one attached hydrogen (secondary N) is 1. The van der Waals surface area contributed by atoms with Crippen molar-refractivity contribution in [1.82, 2.24) is 4.72 Å². The molecule has 1 aliphatic carbocycles. The maximum absolute atomic E-state index is 12.0. The molecule has 0 radical (unpaired) electrons. The number of hydrogen-bond acceptors (Lipinski definition) is 3. The van der Waals surface area contributed by atoms with Gasteiger partial charge in [-0.2, -0.15) is 0 Å². The molecule has 1 aromatic heterocycles. The second kappa shape index (κ2) is 5.38. The summed E-state index contributed by atoms with van der Waals surface area (Å²) < 4.78 is 27.1. The highest BCUT2D eigenvalue weighted by atomic mass is 79.9. The van der Waals surface area contributed by atoms with Crippen LogP contribution in [0.3, 0.4) is 0 Å². The summed E-state index contributed by atoms with van der Waals surface area (Å²) in [6.07, 6.45) is 4.61. The van der Waals surface area contributed by atoms with E-state index in [1.165, 1.54) is 24.2 Å². The highest BCUT2D eigenvalue weighted by Gasteiger charge is 2.34. The Kier molecular flexibility index (Phi) is 4.28. The van der Waals surface area contributed by atoms with E-state index in [1.807, 2.05) is 0 Å². The lowest BCUT2D eigenvalue weighted by Gasteiger charge is -2.26. The van der Waals surface area contributed by atoms with Crippen LogP contribution in [0, 0.1) is 5.41 Å². The van der Waals surface area contributed by atoms with Gasteiger partial charge < -0.3 is 0 Å². The van der Waals surface area contributed by atoms with E-state index < -0.39 is 10.0 Å². The zero-order chi connectivity index (χ0) is 12.4. The van der Waals surface area contributed by atoms with Crippen LogP contribution < -0.4 is 4.72 Å². The van der Waals surface area contributed by atoms with Gasteiger partial charge in [-0.3, -0.25) is 0 Å². The van der Waals surface area contributed by atoms with E-state index in [9.17, 15) is 8.42 Å². The van der Waals surface area contributed by atoms with Crippen molar-refractivity contribution < 1.29 is 8.42 Å². The van der Waals surface area contributed by atoms with E-state index in [2.05, 4.69) is 20.7 Å². The molecule has 1 aromatic rings. The average molecular weight is 338 g/mol. The molecule has 0 spiro atoms. The van der Waals surface area contributed by atoms with Gasteiger partial charge in [0, 0.05) is 11.9 Å². The first kappa shape index (κ1) is 13.5. The zero-order valence-electron chi connectivity index (χ0n) is 9.49. The lowest BCUT2D eigenvalue weighted by Crippen LogP contribution is -2.36. The molecule has 3 nitrogen and oxygen atoms in total. The van der Waals surface area contributed by atoms with Crippen LogP contribution in [0.2, 0.25) is 0 Å². The van der Waals surface area contributed by atoms with Crippen molar-refractivity contribution in [3.8, 4) is 0 Å². The Morgan fingerprint density at radius 1 is 1.41 bits per heavy atom. The van der Waals surface area contributed by atoms with Gasteiger partial charge >= 0.3 is 0 Å². The zero-order valence-corrected chi connectivity index (χ0v) is 12.7. The average Bonchev–Trinajstić information content (AvgIpc) is 2.99. The Morgan fingerprint density at radius 3 is 2.65 bits per heavy atom. The van der Waals surface area contributed by atoms with Gasteiger partial charge in [0.25, 0.3) is 0 Å². The minimum atomic E-state index is -3.30. The molecule has 0 aliphatic heterocycles. The predicted octanol–water partition coefficient (Wildman–Crippen LogP) is 2.98. The molecule has 17 heavy (non-hydrogen) atoms. The number of alkyl halides is 1. The number of halogens is 1. The molecule has 96 valence electrons. The van der Waals surface area contributed by atoms with Gasteiger partial charge in [-0.25, -0.2) is 13.1 Å². The maximum Gasteiger partial charge on any atom is 0.250 e. The molecule has 0 unspecified atom stereocenters. The third-order valence-electron chi connectivity index (χ3n) is 3.34. The van der Waals surface area contributed by atoms with Gasteiger partial charge in [-0.1, -0.05) is 34.8 Å². The minimum absolute atomic E-state index is 0.115. The lowest BCUT2D eigenvalue weighted by molar-refractivity contribution is 0.348. The summed E-state index contributed by atoms with van der Waals surface area (Å²) in [7, 11) is -3.30. The van der Waals surface area contributed by atoms with Crippen LogP contribution in [-0.4, -0.2) is 20.3 Å². The van der Waals surface area contributed by atoms with Gasteiger partial charge in [0.05, 0.1) is 0 Å². The monoisotopic (exact) mass is 337 g/mol. The molecule has 1 saturated carbocycles. The fourth-order valence-corrected chi connectivity index (χ4v) is 5.17. The van der Waals surface area contributed by atoms with E-state index in [-0.39, 0.29) is 5.41 Å². The van der Waals surface area contributed by atoms with E-state index >= 15 is 0 Å². The summed E-state index contributed by atoms with van der Waals surface area (Å²) in [4.78, 5) is 0. The van der Waals surface area contributed by atoms with E-state index in [0.717, 1.165) is 18.2 Å². The first-order valence-corrected chi connectivity index (χ1v) is 9.16. The number of hydrogen-bond donors (Lipinski definition) is 1. The Labute approximate surface area is 115 Å². The maximum atomic E-state index is 12.0. The lowest BCUT2D eigenvalue weighted by atomic mass is 9.89. The van der Waals surface area contributed by atoms with Crippen LogP contribution in [0.1, 0.15) is 25.7 Å². The second-order valence-corrected chi connectivity index (χ2v) is 8.10. The molecule has 0 aromatic carbocycles. The smallest absolute Gasteiger partial charge is 0.210 e. The van der Waals surface area contributed by atoms with Crippen LogP contribution in [0.4, 0.5) is 0 Å². The van der Waals surface area contributed by atoms with Gasteiger partial charge in [0.2, 0.25) is 10.0 Å². The van der Waals surface area contributed by atoms with Crippen molar-refractivity contribution in [2.45, 2.75) is 29.9 Å². The summed E-state index contributed by atoms with van der Waals surface area (Å²) in [5.74, 6) is 0. The van der Waals surface area contributed by atoms with Crippen molar-refractivity contribution in [2.24, 2.45) is 5.41 Å². The minimum Gasteiger partial charge on any atom is -0.210 e. The molecule has 0 bridgehead atoms. The fraction of sp³-hybridized carbons (Fsp3) is 0.636. The normalized spacial score (nSPS) is 19.6. The van der Waals surface area contributed by atoms with Gasteiger partial charge in [0.1, 0.15) is 4.21 Å². The van der Waals surface area contributed by atoms with E-state index in [1.54, 1.807) is 17.5 Å². The Morgan fingerprint density at radius 2 is 2.12 bits per heavy atom. The van der Waals surface area contributed by atoms with Gasteiger partial charge in [-0.05, 0) is 29.7 Å². The van der Waals surface area contributed by atoms with Crippen molar-refractivity contribution >= 4 is 37.3 Å². The van der Waals surface area contributed by atoms with Crippen LogP contribution in [0.25, 0.3) is 0 Å². The first-order valence-electron chi connectivity index (χ1n) is 5.67. The van der Waals surface area contributed by atoms with Crippen LogP contribution in [0.5, 0.6) is 0 Å². The van der Waals surface area contributed by atoms with E-state index in [0.29, 0.717) is 10.8 Å². The van der Waals surface area contributed by atoms with Gasteiger partial charge in [0.15, 0.2) is 0 Å². The molecule has 1 heterocycles. The first-order chi connectivity index (χ1) is 8.08. The predicted molar refractivity (Wildman–Crippen MR) is 74.2 cm³/mol. The highest BCUT2D eigenvalue weighted by Crippen LogP contribution is 2.39. The summed E-state index contributed by atoms with van der Waals surface area (Å²) >= 11 is 4.77. The van der Waals surface area contributed by atoms with Crippen LogP contribution in [0.15, 0.2) is 21.7 Å². The molecule has 1 fully saturated rings. The quantitative estimate of drug-likeness (QED) is 0.839. The number of sulfonamides is 1. The van der Waals surface area contributed by atoms with Crippen molar-refractivity contribution in [3.05, 3.63) is 17.5 Å².